The summed E-state index contributed by atoms with van der Waals surface area (Å²) >= 11 is 0. The van der Waals surface area contributed by atoms with Crippen LogP contribution >= 0.6 is 0 Å². The van der Waals surface area contributed by atoms with Crippen molar-refractivity contribution in [3.8, 4) is 0 Å². The van der Waals surface area contributed by atoms with E-state index < -0.39 is 8.32 Å². The summed E-state index contributed by atoms with van der Waals surface area (Å²) in [4.78, 5) is 24.2. The smallest absolute Gasteiger partial charge is 0.302 e. The molecule has 0 spiro atoms. The standard InChI is InChI=1S/C35H60O4Si/c1-25(36)39-32-19-18-31-33-26(15-13-11-9-8-10-12-14-22-38-40(6,7)34(2,3)4)23-27-24-28(37)16-17-29(27)30(33)20-21-35(31,32)5/h24,26,29-33H,8-23H2,1-7H3/t26-,29+,30-,31+,32+,33-,35+/m1/s1. The van der Waals surface area contributed by atoms with Gasteiger partial charge >= 0.3 is 5.97 Å². The number of unbranched alkanes of at least 4 members (excludes halogenated alkanes) is 6. The van der Waals surface area contributed by atoms with E-state index >= 15 is 0 Å². The van der Waals surface area contributed by atoms with Crippen LogP contribution in [-0.2, 0) is 18.8 Å². The van der Waals surface area contributed by atoms with Crippen LogP contribution in [0.2, 0.25) is 18.1 Å². The maximum atomic E-state index is 12.4. The van der Waals surface area contributed by atoms with Crippen molar-refractivity contribution in [3.05, 3.63) is 11.6 Å². The van der Waals surface area contributed by atoms with Gasteiger partial charge in [-0.15, -0.1) is 0 Å². The quantitative estimate of drug-likeness (QED) is 0.133. The largest absolute Gasteiger partial charge is 0.462 e. The van der Waals surface area contributed by atoms with Gasteiger partial charge in [-0.1, -0.05) is 71.8 Å². The lowest BCUT2D eigenvalue weighted by atomic mass is 9.49. The van der Waals surface area contributed by atoms with Crippen LogP contribution in [0.3, 0.4) is 0 Å². The summed E-state index contributed by atoms with van der Waals surface area (Å²) in [5.74, 6) is 3.66. The predicted molar refractivity (Wildman–Crippen MR) is 167 cm³/mol. The van der Waals surface area contributed by atoms with Gasteiger partial charge in [-0.2, -0.15) is 0 Å². The van der Waals surface area contributed by atoms with Gasteiger partial charge in [0.2, 0.25) is 0 Å². The molecule has 3 saturated carbocycles. The lowest BCUT2D eigenvalue weighted by Gasteiger charge is -2.56. The molecule has 0 heterocycles. The molecule has 0 N–H and O–H groups in total. The summed E-state index contributed by atoms with van der Waals surface area (Å²) in [7, 11) is -1.60. The van der Waals surface area contributed by atoms with E-state index in [1.165, 1.54) is 76.2 Å². The topological polar surface area (TPSA) is 52.6 Å². The molecule has 4 rings (SSSR count). The highest BCUT2D eigenvalue weighted by Crippen LogP contribution is 2.64. The van der Waals surface area contributed by atoms with Crippen molar-refractivity contribution in [2.45, 2.75) is 155 Å². The van der Waals surface area contributed by atoms with Gasteiger partial charge in [0.1, 0.15) is 6.10 Å². The van der Waals surface area contributed by atoms with Gasteiger partial charge in [0.05, 0.1) is 0 Å². The highest BCUT2D eigenvalue weighted by molar-refractivity contribution is 6.74. The second-order valence-corrected chi connectivity index (χ2v) is 20.5. The number of rotatable bonds is 12. The Kier molecular flexibility index (Phi) is 10.5. The number of allylic oxidation sites excluding steroid dienone is 1. The average molecular weight is 573 g/mol. The number of carbonyl (C=O) groups excluding carboxylic acids is 2. The average Bonchev–Trinajstić information content (AvgIpc) is 3.19. The molecule has 0 saturated heterocycles. The fourth-order valence-electron chi connectivity index (χ4n) is 8.96. The van der Waals surface area contributed by atoms with Crippen LogP contribution in [0.1, 0.15) is 131 Å². The second-order valence-electron chi connectivity index (χ2n) is 15.7. The van der Waals surface area contributed by atoms with Crippen molar-refractivity contribution in [1.82, 2.24) is 0 Å². The molecule has 4 aliphatic rings. The van der Waals surface area contributed by atoms with Crippen molar-refractivity contribution in [3.63, 3.8) is 0 Å². The van der Waals surface area contributed by atoms with E-state index in [4.69, 9.17) is 9.16 Å². The summed E-state index contributed by atoms with van der Waals surface area (Å²) in [6.45, 7) is 16.6. The molecule has 0 radical (unpaired) electrons. The van der Waals surface area contributed by atoms with E-state index in [0.29, 0.717) is 28.6 Å². The van der Waals surface area contributed by atoms with Gasteiger partial charge in [-0.05, 0) is 105 Å². The second kappa shape index (κ2) is 13.1. The SMILES string of the molecule is CC(=O)O[C@H]1CC[C@H]2[C@@H]3[C@H](CCCCCCCCCO[Si](C)(C)C(C)(C)C)CC4=CC(=O)CC[C@@H]4[C@H]3CC[C@]12C. The molecule has 40 heavy (non-hydrogen) atoms. The Morgan fingerprint density at radius 1 is 1.00 bits per heavy atom. The van der Waals surface area contributed by atoms with Crippen LogP contribution < -0.4 is 0 Å². The minimum absolute atomic E-state index is 0.0914. The number of ether oxygens (including phenoxy) is 1. The fraction of sp³-hybridized carbons (Fsp3) is 0.886. The first-order valence-electron chi connectivity index (χ1n) is 16.9. The summed E-state index contributed by atoms with van der Waals surface area (Å²) in [6, 6.07) is 0. The molecule has 0 aromatic heterocycles. The molecule has 0 aromatic carbocycles. The van der Waals surface area contributed by atoms with Crippen molar-refractivity contribution in [2.24, 2.45) is 35.0 Å². The molecule has 4 nitrogen and oxygen atoms in total. The monoisotopic (exact) mass is 572 g/mol. The number of fused-ring (bicyclic) bond motifs is 5. The van der Waals surface area contributed by atoms with Gasteiger partial charge in [0.15, 0.2) is 14.1 Å². The third-order valence-electron chi connectivity index (χ3n) is 12.2. The first-order chi connectivity index (χ1) is 18.8. The van der Waals surface area contributed by atoms with Gasteiger partial charge in [-0.25, -0.2) is 0 Å². The minimum atomic E-state index is -1.60. The summed E-state index contributed by atoms with van der Waals surface area (Å²) in [5.41, 5.74) is 1.62. The zero-order chi connectivity index (χ0) is 29.1. The third kappa shape index (κ3) is 7.16. The van der Waals surface area contributed by atoms with E-state index in [2.05, 4.69) is 46.9 Å². The Morgan fingerprint density at radius 3 is 2.35 bits per heavy atom. The van der Waals surface area contributed by atoms with Crippen LogP contribution in [0.25, 0.3) is 0 Å². The van der Waals surface area contributed by atoms with Gasteiger partial charge in [0, 0.05) is 25.4 Å². The Morgan fingerprint density at radius 2 is 1.68 bits per heavy atom. The Labute approximate surface area is 246 Å². The number of hydrogen-bond donors (Lipinski definition) is 0. The molecule has 0 aliphatic heterocycles. The van der Waals surface area contributed by atoms with Crippen LogP contribution in [0.15, 0.2) is 11.6 Å². The Balaban J connectivity index is 1.26. The van der Waals surface area contributed by atoms with E-state index in [-0.39, 0.29) is 17.5 Å². The van der Waals surface area contributed by atoms with Gasteiger partial charge < -0.3 is 9.16 Å². The molecular weight excluding hydrogens is 512 g/mol. The maximum absolute atomic E-state index is 12.4. The number of hydrogen-bond acceptors (Lipinski definition) is 4. The molecule has 7 atom stereocenters. The third-order valence-corrected chi connectivity index (χ3v) is 16.7. The molecule has 0 aromatic rings. The first-order valence-corrected chi connectivity index (χ1v) is 19.8. The summed E-state index contributed by atoms with van der Waals surface area (Å²) in [6.07, 6.45) is 20.1. The van der Waals surface area contributed by atoms with Crippen LogP contribution in [0.5, 0.6) is 0 Å². The lowest BCUT2D eigenvalue weighted by molar-refractivity contribution is -0.157. The molecule has 5 heteroatoms. The molecule has 4 aliphatic carbocycles. The lowest BCUT2D eigenvalue weighted by Crippen LogP contribution is -2.51. The molecule has 228 valence electrons. The Hall–Kier alpha value is -0.943. The van der Waals surface area contributed by atoms with Crippen LogP contribution in [0.4, 0.5) is 0 Å². The number of ketones is 1. The molecule has 0 unspecified atom stereocenters. The molecular formula is C35H60O4Si. The van der Waals surface area contributed by atoms with Crippen molar-refractivity contribution in [2.75, 3.05) is 6.61 Å². The van der Waals surface area contributed by atoms with Crippen molar-refractivity contribution < 1.29 is 18.8 Å². The Bertz CT molecular complexity index is 917. The van der Waals surface area contributed by atoms with E-state index in [1.807, 2.05) is 0 Å². The molecule has 0 amide bonds. The minimum Gasteiger partial charge on any atom is -0.462 e. The zero-order valence-corrected chi connectivity index (χ0v) is 28.0. The van der Waals surface area contributed by atoms with Crippen molar-refractivity contribution in [1.29, 1.82) is 0 Å². The number of esters is 1. The fourth-order valence-corrected chi connectivity index (χ4v) is 10.0. The summed E-state index contributed by atoms with van der Waals surface area (Å²) in [5, 5.41) is 0.299. The molecule has 0 bridgehead atoms. The first kappa shape index (κ1) is 32.0. The van der Waals surface area contributed by atoms with Crippen LogP contribution in [-0.4, -0.2) is 32.8 Å². The maximum Gasteiger partial charge on any atom is 0.302 e. The highest BCUT2D eigenvalue weighted by atomic mass is 28.4. The predicted octanol–water partition coefficient (Wildman–Crippen LogP) is 9.43. The number of carbonyl (C=O) groups is 2. The summed E-state index contributed by atoms with van der Waals surface area (Å²) < 4.78 is 12.3. The van der Waals surface area contributed by atoms with Gasteiger partial charge in [-0.3, -0.25) is 9.59 Å². The highest BCUT2D eigenvalue weighted by Gasteiger charge is 2.59. The van der Waals surface area contributed by atoms with E-state index in [9.17, 15) is 9.59 Å². The van der Waals surface area contributed by atoms with E-state index in [1.54, 1.807) is 6.92 Å². The molecule has 3 fully saturated rings. The van der Waals surface area contributed by atoms with E-state index in [0.717, 1.165) is 44.1 Å². The zero-order valence-electron chi connectivity index (χ0n) is 27.0. The van der Waals surface area contributed by atoms with Gasteiger partial charge in [0.25, 0.3) is 0 Å². The van der Waals surface area contributed by atoms with Crippen LogP contribution in [0, 0.1) is 35.0 Å². The normalized spacial score (nSPS) is 34.1. The van der Waals surface area contributed by atoms with Crippen molar-refractivity contribution >= 4 is 20.1 Å².